The van der Waals surface area contributed by atoms with Crippen LogP contribution in [-0.2, 0) is 4.79 Å². The molecular weight excluding hydrogens is 342 g/mol. The average molecular weight is 369 g/mol. The number of benzene rings is 2. The number of aryl methyl sites for hydroxylation is 2. The summed E-state index contributed by atoms with van der Waals surface area (Å²) < 4.78 is 16.9. The first-order chi connectivity index (χ1) is 12.9. The van der Waals surface area contributed by atoms with E-state index >= 15 is 0 Å². The monoisotopic (exact) mass is 369 g/mol. The predicted octanol–water partition coefficient (Wildman–Crippen LogP) is 3.97. The highest BCUT2D eigenvalue weighted by atomic mass is 16.6. The number of nitrogens with one attached hydrogen (secondary N) is 1. The van der Waals surface area contributed by atoms with E-state index in [9.17, 15) is 4.79 Å². The van der Waals surface area contributed by atoms with E-state index in [1.807, 2.05) is 50.2 Å². The summed E-state index contributed by atoms with van der Waals surface area (Å²) in [6.45, 7) is 9.31. The minimum Gasteiger partial charge on any atom is -0.486 e. The maximum absolute atomic E-state index is 12.5. The Morgan fingerprint density at radius 1 is 1.04 bits per heavy atom. The largest absolute Gasteiger partial charge is 0.486 e. The van der Waals surface area contributed by atoms with E-state index in [0.717, 1.165) is 22.6 Å². The number of fused-ring (bicyclic) bond motifs is 1. The second kappa shape index (κ2) is 8.33. The first kappa shape index (κ1) is 19.1. The molecule has 0 fully saturated rings. The number of amides is 1. The Morgan fingerprint density at radius 3 is 2.48 bits per heavy atom. The van der Waals surface area contributed by atoms with Crippen molar-refractivity contribution in [1.29, 1.82) is 0 Å². The van der Waals surface area contributed by atoms with Crippen molar-refractivity contribution >= 4 is 5.91 Å². The van der Waals surface area contributed by atoms with Gasteiger partial charge in [-0.05, 0) is 60.7 Å². The second-order valence-corrected chi connectivity index (χ2v) is 7.23. The van der Waals surface area contributed by atoms with Crippen LogP contribution in [0, 0.1) is 19.8 Å². The summed E-state index contributed by atoms with van der Waals surface area (Å²) in [5.74, 6) is 2.25. The molecule has 5 nitrogen and oxygen atoms in total. The maximum Gasteiger partial charge on any atom is 0.258 e. The van der Waals surface area contributed by atoms with Crippen molar-refractivity contribution in [3.8, 4) is 17.2 Å². The lowest BCUT2D eigenvalue weighted by Gasteiger charge is -2.25. The standard InChI is InChI=1S/C22H27NO4/c1-14(2)22(17-6-8-19-20(12-17)26-10-9-25-19)23-21(24)13-27-18-7-5-15(3)16(4)11-18/h5-8,11-12,14,22H,9-10,13H2,1-4H3,(H,23,24)/t22-/m1/s1. The fourth-order valence-corrected chi connectivity index (χ4v) is 3.06. The van der Waals surface area contributed by atoms with Crippen LogP contribution in [0.3, 0.4) is 0 Å². The molecular formula is C22H27NO4. The van der Waals surface area contributed by atoms with E-state index in [2.05, 4.69) is 19.2 Å². The smallest absolute Gasteiger partial charge is 0.258 e. The van der Waals surface area contributed by atoms with Crippen molar-refractivity contribution in [1.82, 2.24) is 5.32 Å². The minimum absolute atomic E-state index is 0.0176. The summed E-state index contributed by atoms with van der Waals surface area (Å²) in [4.78, 5) is 12.5. The number of carbonyl (C=O) groups excluding carboxylic acids is 1. The van der Waals surface area contributed by atoms with Gasteiger partial charge in [-0.1, -0.05) is 26.0 Å². The summed E-state index contributed by atoms with van der Waals surface area (Å²) in [5.41, 5.74) is 3.34. The highest BCUT2D eigenvalue weighted by molar-refractivity contribution is 5.78. The number of ether oxygens (including phenoxy) is 3. The average Bonchev–Trinajstić information content (AvgIpc) is 2.66. The van der Waals surface area contributed by atoms with Gasteiger partial charge < -0.3 is 19.5 Å². The van der Waals surface area contributed by atoms with Crippen molar-refractivity contribution in [3.63, 3.8) is 0 Å². The molecule has 1 amide bonds. The summed E-state index contributed by atoms with van der Waals surface area (Å²) >= 11 is 0. The molecule has 1 N–H and O–H groups in total. The Labute approximate surface area is 160 Å². The normalized spacial score (nSPS) is 14.0. The van der Waals surface area contributed by atoms with Gasteiger partial charge in [0.2, 0.25) is 0 Å². The van der Waals surface area contributed by atoms with Gasteiger partial charge in [-0.3, -0.25) is 4.79 Å². The van der Waals surface area contributed by atoms with Gasteiger partial charge in [-0.15, -0.1) is 0 Å². The number of rotatable bonds is 6. The van der Waals surface area contributed by atoms with Crippen LogP contribution in [0.4, 0.5) is 0 Å². The second-order valence-electron chi connectivity index (χ2n) is 7.23. The van der Waals surface area contributed by atoms with Gasteiger partial charge in [0.25, 0.3) is 5.91 Å². The molecule has 1 heterocycles. The van der Waals surface area contributed by atoms with Gasteiger partial charge in [0, 0.05) is 0 Å². The highest BCUT2D eigenvalue weighted by Crippen LogP contribution is 2.34. The van der Waals surface area contributed by atoms with Gasteiger partial charge in [0.15, 0.2) is 18.1 Å². The van der Waals surface area contributed by atoms with E-state index in [4.69, 9.17) is 14.2 Å². The van der Waals surface area contributed by atoms with Gasteiger partial charge in [0.1, 0.15) is 19.0 Å². The molecule has 1 atom stereocenters. The van der Waals surface area contributed by atoms with Crippen LogP contribution in [0.2, 0.25) is 0 Å². The quantitative estimate of drug-likeness (QED) is 0.837. The van der Waals surface area contributed by atoms with Crippen molar-refractivity contribution in [2.75, 3.05) is 19.8 Å². The minimum atomic E-state index is -0.151. The molecule has 0 aliphatic carbocycles. The fourth-order valence-electron chi connectivity index (χ4n) is 3.06. The SMILES string of the molecule is Cc1ccc(OCC(=O)N[C@@H](c2ccc3c(c2)OCCO3)C(C)C)cc1C. The topological polar surface area (TPSA) is 56.8 Å². The number of hydrogen-bond donors (Lipinski definition) is 1. The van der Waals surface area contributed by atoms with Crippen molar-refractivity contribution < 1.29 is 19.0 Å². The van der Waals surface area contributed by atoms with E-state index in [1.165, 1.54) is 5.56 Å². The van der Waals surface area contributed by atoms with Crippen LogP contribution < -0.4 is 19.5 Å². The molecule has 0 aromatic heterocycles. The number of hydrogen-bond acceptors (Lipinski definition) is 4. The van der Waals surface area contributed by atoms with Crippen LogP contribution in [0.25, 0.3) is 0 Å². The van der Waals surface area contributed by atoms with Gasteiger partial charge in [-0.25, -0.2) is 0 Å². The lowest BCUT2D eigenvalue weighted by molar-refractivity contribution is -0.124. The third-order valence-corrected chi connectivity index (χ3v) is 4.76. The molecule has 1 aliphatic rings. The lowest BCUT2D eigenvalue weighted by Crippen LogP contribution is -2.35. The van der Waals surface area contributed by atoms with Gasteiger partial charge in [-0.2, -0.15) is 0 Å². The highest BCUT2D eigenvalue weighted by Gasteiger charge is 2.21. The third-order valence-electron chi connectivity index (χ3n) is 4.76. The van der Waals surface area contributed by atoms with E-state index in [1.54, 1.807) is 0 Å². The molecule has 0 saturated carbocycles. The molecule has 1 aliphatic heterocycles. The molecule has 0 spiro atoms. The summed E-state index contributed by atoms with van der Waals surface area (Å²) in [7, 11) is 0. The summed E-state index contributed by atoms with van der Waals surface area (Å²) in [6, 6.07) is 11.5. The molecule has 3 rings (SSSR count). The third kappa shape index (κ3) is 4.73. The van der Waals surface area contributed by atoms with Crippen LogP contribution in [-0.4, -0.2) is 25.7 Å². The Morgan fingerprint density at radius 2 is 1.78 bits per heavy atom. The molecule has 0 bridgehead atoms. The maximum atomic E-state index is 12.5. The zero-order valence-corrected chi connectivity index (χ0v) is 16.4. The molecule has 2 aromatic carbocycles. The molecule has 5 heteroatoms. The summed E-state index contributed by atoms with van der Waals surface area (Å²) in [5, 5.41) is 3.08. The number of carbonyl (C=O) groups is 1. The van der Waals surface area contributed by atoms with Crippen LogP contribution >= 0.6 is 0 Å². The first-order valence-corrected chi connectivity index (χ1v) is 9.33. The Balaban J connectivity index is 1.65. The summed E-state index contributed by atoms with van der Waals surface area (Å²) in [6.07, 6.45) is 0. The Hall–Kier alpha value is -2.69. The fraction of sp³-hybridized carbons (Fsp3) is 0.409. The molecule has 0 radical (unpaired) electrons. The van der Waals surface area contributed by atoms with Gasteiger partial charge >= 0.3 is 0 Å². The van der Waals surface area contributed by atoms with Crippen LogP contribution in [0.15, 0.2) is 36.4 Å². The van der Waals surface area contributed by atoms with Crippen molar-refractivity contribution in [2.45, 2.75) is 33.7 Å². The zero-order chi connectivity index (χ0) is 19.4. The van der Waals surface area contributed by atoms with E-state index in [-0.39, 0.29) is 24.5 Å². The molecule has 144 valence electrons. The van der Waals surface area contributed by atoms with E-state index < -0.39 is 0 Å². The van der Waals surface area contributed by atoms with Crippen LogP contribution in [0.5, 0.6) is 17.2 Å². The molecule has 2 aromatic rings. The molecule has 0 saturated heterocycles. The first-order valence-electron chi connectivity index (χ1n) is 9.33. The zero-order valence-electron chi connectivity index (χ0n) is 16.4. The van der Waals surface area contributed by atoms with E-state index in [0.29, 0.717) is 19.0 Å². The molecule has 27 heavy (non-hydrogen) atoms. The Kier molecular flexibility index (Phi) is 5.89. The van der Waals surface area contributed by atoms with Crippen molar-refractivity contribution in [3.05, 3.63) is 53.1 Å². The Bertz CT molecular complexity index is 816. The predicted molar refractivity (Wildman–Crippen MR) is 105 cm³/mol. The lowest BCUT2D eigenvalue weighted by atomic mass is 9.95. The van der Waals surface area contributed by atoms with Crippen LogP contribution in [0.1, 0.15) is 36.6 Å². The molecule has 0 unspecified atom stereocenters. The van der Waals surface area contributed by atoms with Crippen molar-refractivity contribution in [2.24, 2.45) is 5.92 Å². The van der Waals surface area contributed by atoms with Gasteiger partial charge in [0.05, 0.1) is 6.04 Å².